The van der Waals surface area contributed by atoms with E-state index < -0.39 is 6.10 Å². The van der Waals surface area contributed by atoms with Crippen molar-refractivity contribution in [3.05, 3.63) is 12.2 Å². The van der Waals surface area contributed by atoms with E-state index in [0.717, 1.165) is 19.3 Å². The molecule has 1 unspecified atom stereocenters. The van der Waals surface area contributed by atoms with E-state index in [-0.39, 0.29) is 12.6 Å². The number of aliphatic hydroxyl groups excluding tert-OH is 1. The molecule has 0 rings (SSSR count). The molecule has 0 aliphatic rings. The lowest BCUT2D eigenvalue weighted by atomic mass is 10.0. The molecule has 0 aliphatic heterocycles. The summed E-state index contributed by atoms with van der Waals surface area (Å²) < 4.78 is 11.1. The van der Waals surface area contributed by atoms with E-state index in [2.05, 4.69) is 26.0 Å². The molecular formula is C43H84O4. The Bertz CT molecular complexity index is 619. The zero-order valence-corrected chi connectivity index (χ0v) is 32.1. The number of ether oxygens (including phenoxy) is 2. The van der Waals surface area contributed by atoms with Gasteiger partial charge in [0.1, 0.15) is 6.10 Å². The highest BCUT2D eigenvalue weighted by Crippen LogP contribution is 2.16. The third kappa shape index (κ3) is 39.5. The average Bonchev–Trinajstić information content (AvgIpc) is 3.08. The smallest absolute Gasteiger partial charge is 0.306 e. The van der Waals surface area contributed by atoms with Crippen molar-refractivity contribution in [2.45, 2.75) is 238 Å². The Labute approximate surface area is 295 Å². The van der Waals surface area contributed by atoms with Gasteiger partial charge in [-0.05, 0) is 32.1 Å². The highest BCUT2D eigenvalue weighted by molar-refractivity contribution is 5.69. The van der Waals surface area contributed by atoms with Gasteiger partial charge in [-0.25, -0.2) is 0 Å². The fourth-order valence-electron chi connectivity index (χ4n) is 6.37. The molecule has 1 atom stereocenters. The Balaban J connectivity index is 3.35. The zero-order valence-electron chi connectivity index (χ0n) is 32.1. The first-order chi connectivity index (χ1) is 23.2. The van der Waals surface area contributed by atoms with Gasteiger partial charge in [-0.1, -0.05) is 206 Å². The molecule has 0 aromatic rings. The topological polar surface area (TPSA) is 55.8 Å². The summed E-state index contributed by atoms with van der Waals surface area (Å²) >= 11 is 0. The molecule has 4 nitrogen and oxygen atoms in total. The van der Waals surface area contributed by atoms with Crippen LogP contribution in [0.1, 0.15) is 232 Å². The maximum absolute atomic E-state index is 12.2. The molecule has 0 heterocycles. The van der Waals surface area contributed by atoms with Gasteiger partial charge in [0.05, 0.1) is 13.2 Å². The van der Waals surface area contributed by atoms with Crippen LogP contribution >= 0.6 is 0 Å². The Morgan fingerprint density at radius 1 is 0.489 bits per heavy atom. The SMILES string of the molecule is CCCC/C=C\CCCCCCCCOCC(CO)OC(=O)CCCCCCCCCCCCCCCCCCCCCCCCC. The van der Waals surface area contributed by atoms with E-state index in [1.165, 1.54) is 193 Å². The van der Waals surface area contributed by atoms with E-state index in [0.29, 0.717) is 19.6 Å². The summed E-state index contributed by atoms with van der Waals surface area (Å²) in [5.41, 5.74) is 0. The predicted molar refractivity (Wildman–Crippen MR) is 205 cm³/mol. The molecule has 0 bridgehead atoms. The van der Waals surface area contributed by atoms with Gasteiger partial charge in [-0.3, -0.25) is 4.79 Å². The number of carbonyl (C=O) groups is 1. The van der Waals surface area contributed by atoms with Crippen molar-refractivity contribution in [2.24, 2.45) is 0 Å². The monoisotopic (exact) mass is 665 g/mol. The van der Waals surface area contributed by atoms with Gasteiger partial charge in [-0.15, -0.1) is 0 Å². The van der Waals surface area contributed by atoms with Gasteiger partial charge >= 0.3 is 5.97 Å². The van der Waals surface area contributed by atoms with Gasteiger partial charge in [0.25, 0.3) is 0 Å². The first-order valence-corrected chi connectivity index (χ1v) is 21.3. The van der Waals surface area contributed by atoms with E-state index in [4.69, 9.17) is 9.47 Å². The zero-order chi connectivity index (χ0) is 34.1. The van der Waals surface area contributed by atoms with Crippen molar-refractivity contribution in [2.75, 3.05) is 19.8 Å². The fourth-order valence-corrected chi connectivity index (χ4v) is 6.37. The van der Waals surface area contributed by atoms with Crippen molar-refractivity contribution in [1.29, 1.82) is 0 Å². The summed E-state index contributed by atoms with van der Waals surface area (Å²) in [4.78, 5) is 12.2. The summed E-state index contributed by atoms with van der Waals surface area (Å²) in [6.07, 6.45) is 48.5. The van der Waals surface area contributed by atoms with Crippen LogP contribution in [0.3, 0.4) is 0 Å². The normalized spacial score (nSPS) is 12.3. The number of esters is 1. The van der Waals surface area contributed by atoms with Crippen LogP contribution in [0.5, 0.6) is 0 Å². The van der Waals surface area contributed by atoms with Crippen molar-refractivity contribution in [3.8, 4) is 0 Å². The van der Waals surface area contributed by atoms with Crippen LogP contribution in [0.2, 0.25) is 0 Å². The van der Waals surface area contributed by atoms with Crippen molar-refractivity contribution in [1.82, 2.24) is 0 Å². The lowest BCUT2D eigenvalue weighted by molar-refractivity contribution is -0.154. The van der Waals surface area contributed by atoms with Gasteiger partial charge in [0.15, 0.2) is 0 Å². The summed E-state index contributed by atoms with van der Waals surface area (Å²) in [5, 5.41) is 9.57. The Kier molecular flexibility index (Phi) is 40.5. The number of unbranched alkanes of at least 4 members (excludes halogenated alkanes) is 30. The maximum Gasteiger partial charge on any atom is 0.306 e. The van der Waals surface area contributed by atoms with E-state index in [1.54, 1.807) is 0 Å². The van der Waals surface area contributed by atoms with Crippen LogP contribution in [-0.4, -0.2) is 37.0 Å². The number of rotatable bonds is 40. The van der Waals surface area contributed by atoms with Crippen LogP contribution in [0, 0.1) is 0 Å². The lowest BCUT2D eigenvalue weighted by Gasteiger charge is -2.15. The Morgan fingerprint density at radius 3 is 1.28 bits per heavy atom. The van der Waals surface area contributed by atoms with E-state index in [1.807, 2.05) is 0 Å². The molecule has 0 amide bonds. The van der Waals surface area contributed by atoms with Crippen LogP contribution in [0.25, 0.3) is 0 Å². The average molecular weight is 665 g/mol. The lowest BCUT2D eigenvalue weighted by Crippen LogP contribution is -2.27. The quantitative estimate of drug-likeness (QED) is 0.0402. The minimum Gasteiger partial charge on any atom is -0.457 e. The number of carbonyl (C=O) groups excluding carboxylic acids is 1. The molecule has 0 saturated carbocycles. The second-order valence-electron chi connectivity index (χ2n) is 14.4. The molecule has 0 aromatic carbocycles. The standard InChI is InChI=1S/C43H84O4/c1-3-5-7-9-11-13-15-17-18-19-20-21-22-23-24-25-26-27-28-30-32-34-36-38-43(45)47-42(40-44)41-46-39-37-35-33-31-29-16-14-12-10-8-6-4-2/h10,12,42,44H,3-9,11,13-41H2,1-2H3/b12-10-. The largest absolute Gasteiger partial charge is 0.457 e. The Morgan fingerprint density at radius 2 is 0.851 bits per heavy atom. The summed E-state index contributed by atoms with van der Waals surface area (Å²) in [7, 11) is 0. The minimum atomic E-state index is -0.530. The molecule has 280 valence electrons. The maximum atomic E-state index is 12.2. The van der Waals surface area contributed by atoms with Crippen LogP contribution in [0.4, 0.5) is 0 Å². The van der Waals surface area contributed by atoms with Gasteiger partial charge in [0, 0.05) is 13.0 Å². The van der Waals surface area contributed by atoms with E-state index >= 15 is 0 Å². The number of allylic oxidation sites excluding steroid dienone is 2. The first kappa shape index (κ1) is 46.1. The van der Waals surface area contributed by atoms with Gasteiger partial charge in [0.2, 0.25) is 0 Å². The van der Waals surface area contributed by atoms with Crippen molar-refractivity contribution < 1.29 is 19.4 Å². The molecule has 4 heteroatoms. The van der Waals surface area contributed by atoms with Crippen molar-refractivity contribution in [3.63, 3.8) is 0 Å². The minimum absolute atomic E-state index is 0.169. The molecular weight excluding hydrogens is 580 g/mol. The third-order valence-corrected chi connectivity index (χ3v) is 9.59. The number of hydrogen-bond acceptors (Lipinski definition) is 4. The Hall–Kier alpha value is -0.870. The number of hydrogen-bond donors (Lipinski definition) is 1. The first-order valence-electron chi connectivity index (χ1n) is 21.3. The summed E-state index contributed by atoms with van der Waals surface area (Å²) in [5.74, 6) is -0.198. The molecule has 0 aromatic heterocycles. The van der Waals surface area contributed by atoms with Crippen LogP contribution < -0.4 is 0 Å². The third-order valence-electron chi connectivity index (χ3n) is 9.59. The molecule has 0 radical (unpaired) electrons. The van der Waals surface area contributed by atoms with Crippen LogP contribution in [0.15, 0.2) is 12.2 Å². The molecule has 0 fully saturated rings. The predicted octanol–water partition coefficient (Wildman–Crippen LogP) is 13.8. The van der Waals surface area contributed by atoms with E-state index in [9.17, 15) is 9.90 Å². The molecule has 0 aliphatic carbocycles. The van der Waals surface area contributed by atoms with Gasteiger partial charge in [-0.2, -0.15) is 0 Å². The molecule has 0 spiro atoms. The van der Waals surface area contributed by atoms with Crippen molar-refractivity contribution >= 4 is 5.97 Å². The fraction of sp³-hybridized carbons (Fsp3) is 0.930. The summed E-state index contributed by atoms with van der Waals surface area (Å²) in [6.45, 7) is 5.34. The summed E-state index contributed by atoms with van der Waals surface area (Å²) in [6, 6.07) is 0. The molecule has 47 heavy (non-hydrogen) atoms. The molecule has 0 saturated heterocycles. The second kappa shape index (κ2) is 41.3. The highest BCUT2D eigenvalue weighted by atomic mass is 16.6. The van der Waals surface area contributed by atoms with Gasteiger partial charge < -0.3 is 14.6 Å². The molecule has 1 N–H and O–H groups in total. The second-order valence-corrected chi connectivity index (χ2v) is 14.4. The number of aliphatic hydroxyl groups is 1. The highest BCUT2D eigenvalue weighted by Gasteiger charge is 2.13. The van der Waals surface area contributed by atoms with Crippen LogP contribution in [-0.2, 0) is 14.3 Å².